The minimum atomic E-state index is -1.19. The summed E-state index contributed by atoms with van der Waals surface area (Å²) in [4.78, 5) is 32.8. The van der Waals surface area contributed by atoms with E-state index in [4.69, 9.17) is 10.2 Å². The van der Waals surface area contributed by atoms with Crippen molar-refractivity contribution in [3.8, 4) is 0 Å². The number of carbonyl (C=O) groups excluding carboxylic acids is 1. The first kappa shape index (κ1) is 24.1. The third kappa shape index (κ3) is 13.4. The van der Waals surface area contributed by atoms with Gasteiger partial charge < -0.3 is 24.6 Å². The summed E-state index contributed by atoms with van der Waals surface area (Å²) in [6, 6.07) is 0. The fourth-order valence-electron chi connectivity index (χ4n) is 3.11. The molecule has 7 nitrogen and oxygen atoms in total. The predicted octanol–water partition coefficient (Wildman–Crippen LogP) is 1.81. The Kier molecular flexibility index (Phi) is 13.3. The summed E-state index contributed by atoms with van der Waals surface area (Å²) >= 11 is 0. The molecule has 0 saturated carbocycles. The molecule has 150 valence electrons. The number of hydrogen-bond donors (Lipinski definition) is 2. The number of unbranched alkanes of at least 4 members (excludes halogenated alkanes) is 6. The van der Waals surface area contributed by atoms with Crippen LogP contribution in [0.25, 0.3) is 0 Å². The van der Waals surface area contributed by atoms with Crippen LogP contribution in [0.2, 0.25) is 0 Å². The van der Waals surface area contributed by atoms with Gasteiger partial charge in [-0.2, -0.15) is 0 Å². The molecule has 0 amide bonds. The van der Waals surface area contributed by atoms with Crippen LogP contribution < -0.4 is 5.11 Å². The van der Waals surface area contributed by atoms with Crippen molar-refractivity contribution in [3.05, 3.63) is 12.7 Å². The first-order valence-electron chi connectivity index (χ1n) is 9.41. The highest BCUT2D eigenvalue weighted by atomic mass is 16.4. The van der Waals surface area contributed by atoms with Crippen molar-refractivity contribution in [2.45, 2.75) is 64.2 Å². The first-order chi connectivity index (χ1) is 12.3. The van der Waals surface area contributed by atoms with Gasteiger partial charge >= 0.3 is 11.9 Å². The van der Waals surface area contributed by atoms with Crippen molar-refractivity contribution in [1.29, 1.82) is 0 Å². The van der Waals surface area contributed by atoms with Gasteiger partial charge in [-0.05, 0) is 25.7 Å². The summed E-state index contributed by atoms with van der Waals surface area (Å²) < 4.78 is 0.211. The molecule has 0 aliphatic carbocycles. The van der Waals surface area contributed by atoms with E-state index in [1.54, 1.807) is 0 Å². The standard InChI is InChI=1S/C19H33NO6/c1-2-3-4-5-6-7-8-9-13-20(14-10-17(21)22,15-11-18(23)24)16-12-19(25)26/h2H,1,3-16H2,(H2-,21,22,23,24,25,26). The molecule has 0 aliphatic rings. The molecule has 0 aromatic heterocycles. The fourth-order valence-corrected chi connectivity index (χ4v) is 3.11. The van der Waals surface area contributed by atoms with Crippen molar-refractivity contribution in [2.75, 3.05) is 26.2 Å². The van der Waals surface area contributed by atoms with Gasteiger partial charge in [0.2, 0.25) is 0 Å². The van der Waals surface area contributed by atoms with Gasteiger partial charge in [0.15, 0.2) is 0 Å². The third-order valence-corrected chi connectivity index (χ3v) is 4.68. The largest absolute Gasteiger partial charge is 0.550 e. The average Bonchev–Trinajstić information content (AvgIpc) is 2.57. The Hall–Kier alpha value is -1.89. The Morgan fingerprint density at radius 1 is 0.769 bits per heavy atom. The minimum Gasteiger partial charge on any atom is -0.550 e. The summed E-state index contributed by atoms with van der Waals surface area (Å²) in [5.41, 5.74) is 0. The molecule has 7 heteroatoms. The Labute approximate surface area is 155 Å². The lowest BCUT2D eigenvalue weighted by Crippen LogP contribution is -2.53. The first-order valence-corrected chi connectivity index (χ1v) is 9.41. The highest BCUT2D eigenvalue weighted by molar-refractivity contribution is 5.67. The fraction of sp³-hybridized carbons (Fsp3) is 0.737. The summed E-state index contributed by atoms with van der Waals surface area (Å²) in [6.07, 6.45) is 8.80. The van der Waals surface area contributed by atoms with Crippen LogP contribution in [-0.4, -0.2) is 58.8 Å². The predicted molar refractivity (Wildman–Crippen MR) is 96.4 cm³/mol. The summed E-state index contributed by atoms with van der Waals surface area (Å²) in [5, 5.41) is 28.8. The summed E-state index contributed by atoms with van der Waals surface area (Å²) in [5.74, 6) is -3.11. The zero-order valence-electron chi connectivity index (χ0n) is 15.7. The van der Waals surface area contributed by atoms with Crippen molar-refractivity contribution < 1.29 is 34.2 Å². The molecule has 0 fully saturated rings. The number of carboxylic acid groups (broad SMARTS) is 3. The molecule has 0 rings (SSSR count). The molecule has 0 aliphatic heterocycles. The number of nitrogens with zero attached hydrogens (tertiary/aromatic N) is 1. The van der Waals surface area contributed by atoms with Crippen LogP contribution in [0.4, 0.5) is 0 Å². The molecule has 0 aromatic carbocycles. The highest BCUT2D eigenvalue weighted by Crippen LogP contribution is 2.16. The number of hydrogen-bond acceptors (Lipinski definition) is 4. The van der Waals surface area contributed by atoms with E-state index in [-0.39, 0.29) is 43.4 Å². The molecule has 0 spiro atoms. The van der Waals surface area contributed by atoms with Crippen LogP contribution in [0.1, 0.15) is 64.2 Å². The summed E-state index contributed by atoms with van der Waals surface area (Å²) in [6.45, 7) is 4.99. The minimum absolute atomic E-state index is 0.103. The monoisotopic (exact) mass is 371 g/mol. The van der Waals surface area contributed by atoms with Crippen molar-refractivity contribution in [2.24, 2.45) is 0 Å². The van der Waals surface area contributed by atoms with Crippen molar-refractivity contribution in [1.82, 2.24) is 0 Å². The Morgan fingerprint density at radius 2 is 1.23 bits per heavy atom. The van der Waals surface area contributed by atoms with Crippen molar-refractivity contribution in [3.63, 3.8) is 0 Å². The number of carbonyl (C=O) groups is 3. The van der Waals surface area contributed by atoms with E-state index in [9.17, 15) is 19.5 Å². The molecule has 0 saturated heterocycles. The van der Waals surface area contributed by atoms with Crippen LogP contribution in [-0.2, 0) is 14.4 Å². The molecule has 26 heavy (non-hydrogen) atoms. The zero-order valence-corrected chi connectivity index (χ0v) is 15.7. The Morgan fingerprint density at radius 3 is 1.69 bits per heavy atom. The maximum atomic E-state index is 11.0. The zero-order chi connectivity index (χ0) is 19.8. The lowest BCUT2D eigenvalue weighted by molar-refractivity contribution is -0.927. The SMILES string of the molecule is C=CCCCCCCCC[N+](CCC(=O)[O-])(CCC(=O)O)CCC(=O)O. The summed E-state index contributed by atoms with van der Waals surface area (Å²) in [7, 11) is 0. The molecule has 0 unspecified atom stereocenters. The molecule has 2 N–H and O–H groups in total. The number of carboxylic acids is 3. The van der Waals surface area contributed by atoms with Crippen LogP contribution in [0, 0.1) is 0 Å². The smallest absolute Gasteiger partial charge is 0.309 e. The topological polar surface area (TPSA) is 115 Å². The number of quaternary nitrogens is 1. The van der Waals surface area contributed by atoms with Gasteiger partial charge in [-0.15, -0.1) is 6.58 Å². The quantitative estimate of drug-likeness (QED) is 0.216. The van der Waals surface area contributed by atoms with E-state index >= 15 is 0 Å². The second-order valence-corrected chi connectivity index (χ2v) is 6.84. The van der Waals surface area contributed by atoms with E-state index in [0.717, 1.165) is 44.9 Å². The molecule has 0 radical (unpaired) electrons. The molecular weight excluding hydrogens is 338 g/mol. The van der Waals surface area contributed by atoms with E-state index in [1.165, 1.54) is 0 Å². The molecule has 0 bridgehead atoms. The molecule has 0 atom stereocenters. The lowest BCUT2D eigenvalue weighted by atomic mass is 10.1. The van der Waals surface area contributed by atoms with E-state index < -0.39 is 17.9 Å². The lowest BCUT2D eigenvalue weighted by Gasteiger charge is -2.38. The van der Waals surface area contributed by atoms with Gasteiger partial charge in [0.05, 0.1) is 39.0 Å². The molecule has 0 aromatic rings. The maximum Gasteiger partial charge on any atom is 0.309 e. The van der Waals surface area contributed by atoms with Crippen molar-refractivity contribution >= 4 is 17.9 Å². The van der Waals surface area contributed by atoms with Crippen LogP contribution in [0.15, 0.2) is 12.7 Å². The highest BCUT2D eigenvalue weighted by Gasteiger charge is 2.28. The Balaban J connectivity index is 4.62. The second kappa shape index (κ2) is 14.3. The van der Waals surface area contributed by atoms with Crippen LogP contribution in [0.3, 0.4) is 0 Å². The molecule has 0 heterocycles. The van der Waals surface area contributed by atoms with Crippen LogP contribution >= 0.6 is 0 Å². The van der Waals surface area contributed by atoms with Gasteiger partial charge in [-0.3, -0.25) is 9.59 Å². The second-order valence-electron chi connectivity index (χ2n) is 6.84. The maximum absolute atomic E-state index is 11.0. The van der Waals surface area contributed by atoms with E-state index in [2.05, 4.69) is 6.58 Å². The average molecular weight is 371 g/mol. The Bertz CT molecular complexity index is 404. The normalized spacial score (nSPS) is 11.2. The van der Waals surface area contributed by atoms with Gasteiger partial charge in [0.25, 0.3) is 0 Å². The van der Waals surface area contributed by atoms with Crippen LogP contribution in [0.5, 0.6) is 0 Å². The van der Waals surface area contributed by atoms with Gasteiger partial charge in [-0.1, -0.05) is 25.3 Å². The number of aliphatic carboxylic acids is 3. The number of rotatable bonds is 18. The van der Waals surface area contributed by atoms with Gasteiger partial charge in [0, 0.05) is 12.4 Å². The number of allylic oxidation sites excluding steroid dienone is 1. The third-order valence-electron chi connectivity index (χ3n) is 4.68. The van der Waals surface area contributed by atoms with Gasteiger partial charge in [-0.25, -0.2) is 0 Å². The van der Waals surface area contributed by atoms with Gasteiger partial charge in [0.1, 0.15) is 0 Å². The molecular formula is C19H33NO6. The van der Waals surface area contributed by atoms with E-state index in [1.807, 2.05) is 6.08 Å². The van der Waals surface area contributed by atoms with E-state index in [0.29, 0.717) is 6.54 Å².